The van der Waals surface area contributed by atoms with Gasteiger partial charge in [0, 0.05) is 17.7 Å². The second-order valence-electron chi connectivity index (χ2n) is 7.55. The third-order valence-electron chi connectivity index (χ3n) is 4.38. The van der Waals surface area contributed by atoms with E-state index in [2.05, 4.69) is 65.1 Å². The number of aldehydes is 2. The second kappa shape index (κ2) is 25.5. The molecule has 0 unspecified atom stereocenters. The molecule has 43 heavy (non-hydrogen) atoms. The van der Waals surface area contributed by atoms with Crippen LogP contribution < -0.4 is 16.0 Å². The Balaban J connectivity index is 0.000000261. The van der Waals surface area contributed by atoms with Gasteiger partial charge < -0.3 is 25.3 Å². The van der Waals surface area contributed by atoms with Gasteiger partial charge in [0.2, 0.25) is 11.8 Å². The molecule has 6 rings (SSSR count). The van der Waals surface area contributed by atoms with E-state index in [1.807, 2.05) is 39.9 Å². The number of amides is 2. The van der Waals surface area contributed by atoms with Crippen LogP contribution in [0.5, 0.6) is 0 Å². The molecule has 1 aromatic rings. The van der Waals surface area contributed by atoms with Crippen molar-refractivity contribution in [2.45, 2.75) is 11.6 Å². The number of carbonyl (C=O) groups excluding carboxylic acids is 4. The summed E-state index contributed by atoms with van der Waals surface area (Å²) in [5.41, 5.74) is 0.551. The van der Waals surface area contributed by atoms with Crippen molar-refractivity contribution in [2.24, 2.45) is 4.99 Å². The summed E-state index contributed by atoms with van der Waals surface area (Å²) in [6.07, 6.45) is 6.62. The Labute approximate surface area is 295 Å². The largest absolute Gasteiger partial charge is 0.503 e. The fraction of sp³-hybridized carbons (Fsp3) is 0.478. The van der Waals surface area contributed by atoms with Crippen LogP contribution in [0.2, 0.25) is 0 Å². The molecule has 3 N–H and O–H groups in total. The lowest BCUT2D eigenvalue weighted by atomic mass is 10.5. The van der Waals surface area contributed by atoms with Crippen molar-refractivity contribution in [3.05, 3.63) is 28.5 Å². The highest BCUT2D eigenvalue weighted by Crippen LogP contribution is 2.22. The number of aliphatic imine (C=N–C) groups is 1. The summed E-state index contributed by atoms with van der Waals surface area (Å²) in [7, 11) is 1.48. The van der Waals surface area contributed by atoms with Crippen LogP contribution in [0.4, 0.5) is 0 Å². The number of allylic oxidation sites excluding steroid dienone is 1. The van der Waals surface area contributed by atoms with Crippen molar-refractivity contribution < 1.29 is 23.9 Å². The van der Waals surface area contributed by atoms with Crippen molar-refractivity contribution in [1.82, 2.24) is 25.5 Å². The molecule has 2 amide bonds. The lowest BCUT2D eigenvalue weighted by Gasteiger charge is -1.87. The van der Waals surface area contributed by atoms with E-state index in [4.69, 9.17) is 12.2 Å². The van der Waals surface area contributed by atoms with Gasteiger partial charge >= 0.3 is 0 Å². The highest BCUT2D eigenvalue weighted by Gasteiger charge is 2.13. The Kier molecular flexibility index (Phi) is 23.8. The van der Waals surface area contributed by atoms with Crippen LogP contribution in [0.15, 0.2) is 21.9 Å². The summed E-state index contributed by atoms with van der Waals surface area (Å²) in [5, 5.41) is 9.43. The number of fused-ring (bicyclic) bond motifs is 1. The Morgan fingerprint density at radius 1 is 1.05 bits per heavy atom. The topological polar surface area (TPSA) is 144 Å². The number of halogens is 1. The highest BCUT2D eigenvalue weighted by molar-refractivity contribution is 9.12. The van der Waals surface area contributed by atoms with Gasteiger partial charge in [-0.1, -0.05) is 36.2 Å². The number of rotatable bonds is 3. The minimum atomic E-state index is 0.0231. The fourth-order valence-corrected chi connectivity index (χ4v) is 7.78. The first kappa shape index (κ1) is 40.3. The maximum Gasteiger partial charge on any atom is 0.235 e. The minimum Gasteiger partial charge on any atom is -0.503 e. The van der Waals surface area contributed by atoms with E-state index in [1.54, 1.807) is 29.7 Å². The molecule has 0 atom stereocenters. The standard InChI is InChI=1S/C6H6N2OS.C4H5BrO2.C4H7NS2.C3H3NOS2.C3H5NOS.C3H5NS2/c9-2-5-1-8-4-10-3-6(8)7-5;1-7-3-4(5)2-6;1-6-4-2-7-3-5-4;5-2-1-7-3(6)4-2;2*5-3-1-6-2-4-3/h1-2H,3-4H2;2-3H,1H3;2-3H2,1H3;1H2,(H,4,5,6);2*1-2H2,(H,4,5)/b;4-3+;;;;. The van der Waals surface area contributed by atoms with Crippen LogP contribution >= 0.6 is 111 Å². The molecule has 11 nitrogen and oxygen atoms in total. The van der Waals surface area contributed by atoms with E-state index in [1.165, 1.54) is 30.2 Å². The Hall–Kier alpha value is -0.740. The molecule has 0 aliphatic carbocycles. The number of methoxy groups -OCH3 is 1. The number of hydrogen-bond acceptors (Lipinski definition) is 15. The average Bonchev–Trinajstić information content (AvgIpc) is 3.83. The molecule has 5 aliphatic heterocycles. The van der Waals surface area contributed by atoms with E-state index in [0.717, 1.165) is 57.9 Å². The van der Waals surface area contributed by atoms with Crippen molar-refractivity contribution in [2.75, 3.05) is 54.0 Å². The first-order valence-electron chi connectivity index (χ1n) is 12.0. The molecule has 0 aromatic carbocycles. The molecule has 6 heterocycles. The number of hydrogen-bond donors (Lipinski definition) is 3. The second-order valence-corrected chi connectivity index (χ2v) is 15.4. The van der Waals surface area contributed by atoms with Crippen LogP contribution in [0.25, 0.3) is 0 Å². The highest BCUT2D eigenvalue weighted by atomic mass is 79.9. The molecule has 5 aliphatic rings. The molecule has 3 saturated heterocycles. The number of carbonyl (C=O) groups is 4. The van der Waals surface area contributed by atoms with Crippen LogP contribution in [0.3, 0.4) is 0 Å². The zero-order valence-corrected chi connectivity index (χ0v) is 31.3. The first-order valence-corrected chi connectivity index (χ1v) is 20.4. The molecule has 3 fully saturated rings. The molecule has 0 spiro atoms. The molecule has 0 radical (unpaired) electrons. The van der Waals surface area contributed by atoms with E-state index >= 15 is 0 Å². The first-order chi connectivity index (χ1) is 20.7. The summed E-state index contributed by atoms with van der Waals surface area (Å²) in [6, 6.07) is 0. The Morgan fingerprint density at radius 2 is 1.79 bits per heavy atom. The summed E-state index contributed by atoms with van der Waals surface area (Å²) in [6.45, 7) is 0. The summed E-state index contributed by atoms with van der Waals surface area (Å²) < 4.78 is 7.48. The van der Waals surface area contributed by atoms with Gasteiger partial charge in [-0.2, -0.15) is 0 Å². The zero-order chi connectivity index (χ0) is 31.9. The summed E-state index contributed by atoms with van der Waals surface area (Å²) in [4.78, 5) is 49.6. The van der Waals surface area contributed by atoms with Crippen LogP contribution in [0.1, 0.15) is 16.3 Å². The quantitative estimate of drug-likeness (QED) is 0.175. The number of imidazole rings is 1. The predicted octanol–water partition coefficient (Wildman–Crippen LogP) is 3.97. The number of aromatic nitrogens is 2. The number of thiocarbonyl (C=S) groups is 2. The minimum absolute atomic E-state index is 0.0231. The maximum atomic E-state index is 10.2. The van der Waals surface area contributed by atoms with Gasteiger partial charge in [0.15, 0.2) is 12.6 Å². The van der Waals surface area contributed by atoms with Crippen molar-refractivity contribution in [1.29, 1.82) is 0 Å². The Bertz CT molecular complexity index is 1080. The third-order valence-corrected chi connectivity index (χ3v) is 10.7. The molecular weight excluding hydrogens is 777 g/mol. The van der Waals surface area contributed by atoms with Crippen molar-refractivity contribution >= 4 is 150 Å². The van der Waals surface area contributed by atoms with E-state index in [-0.39, 0.29) is 11.8 Å². The van der Waals surface area contributed by atoms with E-state index < -0.39 is 0 Å². The van der Waals surface area contributed by atoms with Gasteiger partial charge in [0.1, 0.15) is 15.8 Å². The molecule has 238 valence electrons. The molecule has 1 aromatic heterocycles. The Morgan fingerprint density at radius 3 is 2.09 bits per heavy atom. The van der Waals surface area contributed by atoms with Gasteiger partial charge in [0.25, 0.3) is 0 Å². The molecular formula is C23H31BrN6O5S8. The lowest BCUT2D eigenvalue weighted by molar-refractivity contribution is -0.118. The van der Waals surface area contributed by atoms with Gasteiger partial charge in [-0.15, -0.1) is 58.8 Å². The van der Waals surface area contributed by atoms with Gasteiger partial charge in [-0.05, 0) is 22.2 Å². The number of thioether (sulfide) groups is 6. The molecule has 20 heteroatoms. The van der Waals surface area contributed by atoms with Crippen LogP contribution in [-0.2, 0) is 30.8 Å². The van der Waals surface area contributed by atoms with Gasteiger partial charge in [-0.3, -0.25) is 24.2 Å². The molecule has 0 bridgehead atoms. The smallest absolute Gasteiger partial charge is 0.235 e. The number of nitrogens with zero attached hydrogens (tertiary/aromatic N) is 3. The van der Waals surface area contributed by atoms with Crippen molar-refractivity contribution in [3.8, 4) is 0 Å². The van der Waals surface area contributed by atoms with E-state index in [0.29, 0.717) is 32.3 Å². The number of ether oxygens (including phenoxy) is 1. The van der Waals surface area contributed by atoms with Gasteiger partial charge in [0.05, 0.1) is 68.7 Å². The SMILES string of the molecule is CO/C=C(/Br)C=O.CSC1=NCSC1.O=C1CSC(=S)N1.O=C1CSCN1.O=Cc1cn2c(n1)CSC2.S=C1CSCN1. The third kappa shape index (κ3) is 20.1. The van der Waals surface area contributed by atoms with Crippen LogP contribution in [-0.4, -0.2) is 102 Å². The fourth-order valence-electron chi connectivity index (χ4n) is 2.53. The lowest BCUT2D eigenvalue weighted by Crippen LogP contribution is -2.18. The van der Waals surface area contributed by atoms with Crippen LogP contribution in [0, 0.1) is 0 Å². The monoisotopic (exact) mass is 806 g/mol. The zero-order valence-electron chi connectivity index (χ0n) is 23.2. The molecule has 0 saturated carbocycles. The summed E-state index contributed by atoms with van der Waals surface area (Å²) >= 11 is 22.6. The number of nitrogens with one attached hydrogen (secondary N) is 3. The maximum absolute atomic E-state index is 10.2. The van der Waals surface area contributed by atoms with Crippen molar-refractivity contribution in [3.63, 3.8) is 0 Å². The average molecular weight is 808 g/mol. The normalized spacial score (nSPS) is 17.7. The van der Waals surface area contributed by atoms with Gasteiger partial charge in [-0.25, -0.2) is 4.98 Å². The summed E-state index contributed by atoms with van der Waals surface area (Å²) in [5.74, 6) is 9.20. The van der Waals surface area contributed by atoms with E-state index in [9.17, 15) is 19.2 Å². The predicted molar refractivity (Wildman–Crippen MR) is 199 cm³/mol.